The molecule has 1 aliphatic carbocycles. The van der Waals surface area contributed by atoms with Crippen molar-refractivity contribution in [2.45, 2.75) is 45.4 Å². The molecule has 3 heteroatoms. The van der Waals surface area contributed by atoms with Crippen molar-refractivity contribution >= 4 is 5.91 Å². The van der Waals surface area contributed by atoms with Crippen LogP contribution in [-0.2, 0) is 4.79 Å². The predicted molar refractivity (Wildman–Crippen MR) is 62.4 cm³/mol. The zero-order valence-electron chi connectivity index (χ0n) is 9.80. The van der Waals surface area contributed by atoms with Gasteiger partial charge in [0.2, 0.25) is 5.91 Å². The number of hydrogen-bond acceptors (Lipinski definition) is 2. The first-order valence-electron chi connectivity index (χ1n) is 6.17. The number of hydrogen-bond donors (Lipinski definition) is 2. The highest BCUT2D eigenvalue weighted by Crippen LogP contribution is 2.30. The summed E-state index contributed by atoms with van der Waals surface area (Å²) in [5, 5.41) is 2.91. The second-order valence-corrected chi connectivity index (χ2v) is 4.75. The summed E-state index contributed by atoms with van der Waals surface area (Å²) in [6, 6.07) is 0. The van der Waals surface area contributed by atoms with Crippen LogP contribution in [0.3, 0.4) is 0 Å². The van der Waals surface area contributed by atoms with Crippen molar-refractivity contribution in [2.24, 2.45) is 17.6 Å². The topological polar surface area (TPSA) is 55.1 Å². The van der Waals surface area contributed by atoms with E-state index in [1.54, 1.807) is 6.92 Å². The van der Waals surface area contributed by atoms with Crippen molar-refractivity contribution in [3.05, 3.63) is 0 Å². The van der Waals surface area contributed by atoms with E-state index in [4.69, 9.17) is 5.73 Å². The van der Waals surface area contributed by atoms with Gasteiger partial charge >= 0.3 is 0 Å². The molecule has 1 saturated carbocycles. The molecule has 88 valence electrons. The van der Waals surface area contributed by atoms with Gasteiger partial charge in [0.1, 0.15) is 0 Å². The Balaban J connectivity index is 2.09. The second-order valence-electron chi connectivity index (χ2n) is 4.75. The second kappa shape index (κ2) is 6.83. The molecule has 1 amide bonds. The van der Waals surface area contributed by atoms with Crippen LogP contribution in [0.4, 0.5) is 0 Å². The van der Waals surface area contributed by atoms with Gasteiger partial charge in [-0.15, -0.1) is 0 Å². The summed E-state index contributed by atoms with van der Waals surface area (Å²) in [4.78, 5) is 10.8. The first-order chi connectivity index (χ1) is 7.22. The SMILES string of the molecule is CC(=O)NCC1CCC(CCCN)CC1. The highest BCUT2D eigenvalue weighted by molar-refractivity contribution is 5.72. The van der Waals surface area contributed by atoms with Crippen LogP contribution in [0.15, 0.2) is 0 Å². The molecule has 0 heterocycles. The number of carbonyl (C=O) groups excluding carboxylic acids is 1. The Kier molecular flexibility index (Phi) is 5.69. The molecule has 1 fully saturated rings. The van der Waals surface area contributed by atoms with Gasteiger partial charge in [-0.05, 0) is 44.1 Å². The van der Waals surface area contributed by atoms with Crippen molar-refractivity contribution in [1.29, 1.82) is 0 Å². The van der Waals surface area contributed by atoms with Gasteiger partial charge in [-0.1, -0.05) is 12.8 Å². The van der Waals surface area contributed by atoms with Gasteiger partial charge in [0.05, 0.1) is 0 Å². The minimum atomic E-state index is 0.0975. The molecule has 0 aliphatic heterocycles. The standard InChI is InChI=1S/C12H24N2O/c1-10(15)14-9-12-6-4-11(5-7-12)3-2-8-13/h11-12H,2-9,13H2,1H3,(H,14,15). The summed E-state index contributed by atoms with van der Waals surface area (Å²) in [6.07, 6.45) is 7.66. The Labute approximate surface area is 92.8 Å². The zero-order valence-corrected chi connectivity index (χ0v) is 9.80. The van der Waals surface area contributed by atoms with Crippen molar-refractivity contribution in [2.75, 3.05) is 13.1 Å². The third-order valence-corrected chi connectivity index (χ3v) is 3.42. The lowest BCUT2D eigenvalue weighted by molar-refractivity contribution is -0.119. The summed E-state index contributed by atoms with van der Waals surface area (Å²) >= 11 is 0. The number of amides is 1. The summed E-state index contributed by atoms with van der Waals surface area (Å²) < 4.78 is 0. The van der Waals surface area contributed by atoms with E-state index < -0.39 is 0 Å². The van der Waals surface area contributed by atoms with Crippen LogP contribution in [0, 0.1) is 11.8 Å². The minimum Gasteiger partial charge on any atom is -0.356 e. The van der Waals surface area contributed by atoms with Crippen LogP contribution < -0.4 is 11.1 Å². The third-order valence-electron chi connectivity index (χ3n) is 3.42. The Hall–Kier alpha value is -0.570. The molecule has 0 unspecified atom stereocenters. The average Bonchev–Trinajstić information content (AvgIpc) is 2.25. The Morgan fingerprint density at radius 3 is 2.40 bits per heavy atom. The van der Waals surface area contributed by atoms with Crippen molar-refractivity contribution < 1.29 is 4.79 Å². The fourth-order valence-corrected chi connectivity index (χ4v) is 2.42. The molecule has 0 spiro atoms. The Morgan fingerprint density at radius 2 is 1.87 bits per heavy atom. The van der Waals surface area contributed by atoms with Crippen LogP contribution in [-0.4, -0.2) is 19.0 Å². The number of nitrogens with one attached hydrogen (secondary N) is 1. The molecule has 0 aromatic rings. The number of rotatable bonds is 5. The van der Waals surface area contributed by atoms with E-state index in [0.717, 1.165) is 19.0 Å². The van der Waals surface area contributed by atoms with Crippen molar-refractivity contribution in [3.63, 3.8) is 0 Å². The van der Waals surface area contributed by atoms with Crippen LogP contribution in [0.5, 0.6) is 0 Å². The van der Waals surface area contributed by atoms with Crippen LogP contribution in [0.25, 0.3) is 0 Å². The van der Waals surface area contributed by atoms with Gasteiger partial charge in [0.15, 0.2) is 0 Å². The molecule has 15 heavy (non-hydrogen) atoms. The van der Waals surface area contributed by atoms with E-state index in [0.29, 0.717) is 5.92 Å². The van der Waals surface area contributed by atoms with Gasteiger partial charge in [0, 0.05) is 13.5 Å². The smallest absolute Gasteiger partial charge is 0.216 e. The lowest BCUT2D eigenvalue weighted by atomic mass is 9.80. The zero-order chi connectivity index (χ0) is 11.1. The van der Waals surface area contributed by atoms with E-state index in [-0.39, 0.29) is 5.91 Å². The van der Waals surface area contributed by atoms with Gasteiger partial charge in [-0.3, -0.25) is 4.79 Å². The van der Waals surface area contributed by atoms with Gasteiger partial charge in [-0.25, -0.2) is 0 Å². The first kappa shape index (κ1) is 12.5. The fraction of sp³-hybridized carbons (Fsp3) is 0.917. The van der Waals surface area contributed by atoms with E-state index in [2.05, 4.69) is 5.32 Å². The maximum atomic E-state index is 10.8. The summed E-state index contributed by atoms with van der Waals surface area (Å²) in [5.41, 5.74) is 5.51. The highest BCUT2D eigenvalue weighted by atomic mass is 16.1. The molecule has 0 aromatic heterocycles. The first-order valence-corrected chi connectivity index (χ1v) is 6.17. The Bertz CT molecular complexity index is 186. The lowest BCUT2D eigenvalue weighted by Gasteiger charge is -2.28. The summed E-state index contributed by atoms with van der Waals surface area (Å²) in [6.45, 7) is 3.29. The molecule has 3 N–H and O–H groups in total. The van der Waals surface area contributed by atoms with Gasteiger partial charge in [-0.2, -0.15) is 0 Å². The summed E-state index contributed by atoms with van der Waals surface area (Å²) in [5.74, 6) is 1.70. The van der Waals surface area contributed by atoms with Crippen molar-refractivity contribution in [1.82, 2.24) is 5.32 Å². The molecule has 0 bridgehead atoms. The number of nitrogens with two attached hydrogens (primary N) is 1. The maximum Gasteiger partial charge on any atom is 0.216 e. The summed E-state index contributed by atoms with van der Waals surface area (Å²) in [7, 11) is 0. The van der Waals surface area contributed by atoms with Gasteiger partial charge < -0.3 is 11.1 Å². The highest BCUT2D eigenvalue weighted by Gasteiger charge is 2.20. The van der Waals surface area contributed by atoms with E-state index in [1.807, 2.05) is 0 Å². The molecule has 1 rings (SSSR count). The molecule has 3 nitrogen and oxygen atoms in total. The minimum absolute atomic E-state index is 0.0975. The molecule has 0 atom stereocenters. The normalized spacial score (nSPS) is 26.3. The molecular weight excluding hydrogens is 188 g/mol. The van der Waals surface area contributed by atoms with Crippen molar-refractivity contribution in [3.8, 4) is 0 Å². The average molecular weight is 212 g/mol. The van der Waals surface area contributed by atoms with Crippen LogP contribution >= 0.6 is 0 Å². The quantitative estimate of drug-likeness (QED) is 0.728. The largest absolute Gasteiger partial charge is 0.356 e. The van der Waals surface area contributed by atoms with E-state index in [9.17, 15) is 4.79 Å². The maximum absolute atomic E-state index is 10.8. The monoisotopic (exact) mass is 212 g/mol. The Morgan fingerprint density at radius 1 is 1.27 bits per heavy atom. The molecule has 0 radical (unpaired) electrons. The molecule has 0 saturated heterocycles. The molecular formula is C12H24N2O. The number of carbonyl (C=O) groups is 1. The molecule has 0 aromatic carbocycles. The lowest BCUT2D eigenvalue weighted by Crippen LogP contribution is -2.29. The van der Waals surface area contributed by atoms with Crippen LogP contribution in [0.2, 0.25) is 0 Å². The molecule has 1 aliphatic rings. The predicted octanol–water partition coefficient (Wildman–Crippen LogP) is 1.67. The van der Waals surface area contributed by atoms with E-state index in [1.165, 1.54) is 38.5 Å². The van der Waals surface area contributed by atoms with Crippen LogP contribution in [0.1, 0.15) is 45.4 Å². The third kappa shape index (κ3) is 5.17. The van der Waals surface area contributed by atoms with E-state index >= 15 is 0 Å². The fourth-order valence-electron chi connectivity index (χ4n) is 2.42. The van der Waals surface area contributed by atoms with Gasteiger partial charge in [0.25, 0.3) is 0 Å².